The zero-order valence-corrected chi connectivity index (χ0v) is 12.0. The van der Waals surface area contributed by atoms with Crippen LogP contribution in [0.5, 0.6) is 0 Å². The Morgan fingerprint density at radius 2 is 2.24 bits per heavy atom. The van der Waals surface area contributed by atoms with Crippen molar-refractivity contribution in [3.05, 3.63) is 38.7 Å². The number of pyridine rings is 1. The van der Waals surface area contributed by atoms with Gasteiger partial charge in [-0.2, -0.15) is 11.8 Å². The highest BCUT2D eigenvalue weighted by atomic mass is 79.9. The summed E-state index contributed by atoms with van der Waals surface area (Å²) in [6.45, 7) is 0. The van der Waals surface area contributed by atoms with Crippen molar-refractivity contribution in [1.29, 1.82) is 0 Å². The number of fused-ring (bicyclic) bond motifs is 1. The molecule has 1 N–H and O–H groups in total. The zero-order valence-electron chi connectivity index (χ0n) is 8.74. The summed E-state index contributed by atoms with van der Waals surface area (Å²) in [5.41, 5.74) is 3.18. The molecule has 0 aromatic carbocycles. The van der Waals surface area contributed by atoms with Gasteiger partial charge in [-0.05, 0) is 28.1 Å². The van der Waals surface area contributed by atoms with Crippen LogP contribution in [0.4, 0.5) is 0 Å². The van der Waals surface area contributed by atoms with Crippen molar-refractivity contribution < 1.29 is 0 Å². The molecule has 0 fully saturated rings. The predicted molar refractivity (Wildman–Crippen MR) is 75.4 cm³/mol. The van der Waals surface area contributed by atoms with E-state index in [0.29, 0.717) is 4.64 Å². The number of nitrogens with zero attached hydrogens (tertiary/aromatic N) is 2. The Bertz CT molecular complexity index is 622. The lowest BCUT2D eigenvalue weighted by Crippen LogP contribution is -1.98. The fourth-order valence-electron chi connectivity index (χ4n) is 1.71. The van der Waals surface area contributed by atoms with E-state index >= 15 is 0 Å². The molecule has 0 bridgehead atoms. The first-order valence-corrected chi connectivity index (χ1v) is 7.41. The first kappa shape index (κ1) is 11.4. The van der Waals surface area contributed by atoms with Gasteiger partial charge in [0, 0.05) is 33.4 Å². The molecule has 3 nitrogen and oxygen atoms in total. The highest BCUT2D eigenvalue weighted by Gasteiger charge is 2.16. The van der Waals surface area contributed by atoms with Crippen LogP contribution in [-0.2, 0) is 11.5 Å². The van der Waals surface area contributed by atoms with Crippen molar-refractivity contribution in [1.82, 2.24) is 15.0 Å². The van der Waals surface area contributed by atoms with Gasteiger partial charge in [0.25, 0.3) is 0 Å². The van der Waals surface area contributed by atoms with Crippen LogP contribution in [0.15, 0.2) is 22.8 Å². The second kappa shape index (κ2) is 4.51. The SMILES string of the molecule is S=c1nc(-c2ccc(Br)cn2)[nH]c2c1CSC2. The van der Waals surface area contributed by atoms with Gasteiger partial charge in [-0.1, -0.05) is 12.2 Å². The van der Waals surface area contributed by atoms with Gasteiger partial charge in [-0.25, -0.2) is 4.98 Å². The molecule has 2 aromatic rings. The molecule has 0 radical (unpaired) electrons. The Morgan fingerprint density at radius 1 is 1.35 bits per heavy atom. The largest absolute Gasteiger partial charge is 0.341 e. The molecule has 86 valence electrons. The molecule has 1 aliphatic rings. The second-order valence-electron chi connectivity index (χ2n) is 3.70. The van der Waals surface area contributed by atoms with Crippen molar-refractivity contribution in [3.8, 4) is 11.5 Å². The lowest BCUT2D eigenvalue weighted by Gasteiger charge is -2.04. The molecule has 0 saturated carbocycles. The van der Waals surface area contributed by atoms with E-state index in [4.69, 9.17) is 12.2 Å². The van der Waals surface area contributed by atoms with E-state index in [9.17, 15) is 0 Å². The smallest absolute Gasteiger partial charge is 0.157 e. The number of halogens is 1. The van der Waals surface area contributed by atoms with Crippen molar-refractivity contribution in [2.24, 2.45) is 0 Å². The van der Waals surface area contributed by atoms with Gasteiger partial charge in [0.2, 0.25) is 0 Å². The van der Waals surface area contributed by atoms with Crippen LogP contribution in [0.1, 0.15) is 11.3 Å². The number of aromatic nitrogens is 3. The van der Waals surface area contributed by atoms with E-state index in [1.165, 1.54) is 11.3 Å². The Kier molecular flexibility index (Phi) is 3.02. The second-order valence-corrected chi connectivity index (χ2v) is 5.99. The number of thioether (sulfide) groups is 1. The first-order chi connectivity index (χ1) is 8.24. The van der Waals surface area contributed by atoms with Crippen LogP contribution in [0.3, 0.4) is 0 Å². The quantitative estimate of drug-likeness (QED) is 0.811. The standard InChI is InChI=1S/C11H8BrN3S2/c12-6-1-2-8(13-3-6)10-14-9-5-17-4-7(9)11(16)15-10/h1-3H,4-5H2,(H,14,15,16). The number of hydrogen-bond acceptors (Lipinski definition) is 4. The molecule has 3 rings (SSSR count). The fraction of sp³-hybridized carbons (Fsp3) is 0.182. The molecule has 17 heavy (non-hydrogen) atoms. The summed E-state index contributed by atoms with van der Waals surface area (Å²) < 4.78 is 1.65. The molecule has 0 unspecified atom stereocenters. The highest BCUT2D eigenvalue weighted by Crippen LogP contribution is 2.30. The molecule has 2 aromatic heterocycles. The van der Waals surface area contributed by atoms with Crippen LogP contribution < -0.4 is 0 Å². The average molecular weight is 326 g/mol. The summed E-state index contributed by atoms with van der Waals surface area (Å²) in [5.74, 6) is 2.69. The average Bonchev–Trinajstić information content (AvgIpc) is 2.78. The molecule has 0 aliphatic carbocycles. The maximum Gasteiger partial charge on any atom is 0.157 e. The van der Waals surface area contributed by atoms with Gasteiger partial charge in [0.15, 0.2) is 5.82 Å². The Labute approximate surface area is 116 Å². The predicted octanol–water partition coefficient (Wildman–Crippen LogP) is 3.71. The number of nitrogens with one attached hydrogen (secondary N) is 1. The Balaban J connectivity index is 2.13. The summed E-state index contributed by atoms with van der Waals surface area (Å²) in [5, 5.41) is 0. The van der Waals surface area contributed by atoms with E-state index in [-0.39, 0.29) is 0 Å². The van der Waals surface area contributed by atoms with Crippen molar-refractivity contribution in [2.75, 3.05) is 0 Å². The molecule has 0 saturated heterocycles. The molecule has 3 heterocycles. The number of H-pyrrole nitrogens is 1. The Hall–Kier alpha value is -0.720. The van der Waals surface area contributed by atoms with E-state index in [0.717, 1.165) is 27.5 Å². The number of hydrogen-bond donors (Lipinski definition) is 1. The highest BCUT2D eigenvalue weighted by molar-refractivity contribution is 9.10. The van der Waals surface area contributed by atoms with Gasteiger partial charge in [-0.15, -0.1) is 0 Å². The van der Waals surface area contributed by atoms with E-state index in [1.807, 2.05) is 23.9 Å². The van der Waals surface area contributed by atoms with E-state index in [2.05, 4.69) is 30.9 Å². The molecule has 0 amide bonds. The monoisotopic (exact) mass is 325 g/mol. The third kappa shape index (κ3) is 2.17. The van der Waals surface area contributed by atoms with Gasteiger partial charge in [-0.3, -0.25) is 4.98 Å². The van der Waals surface area contributed by atoms with Gasteiger partial charge < -0.3 is 4.98 Å². The fourth-order valence-corrected chi connectivity index (χ4v) is 3.39. The molecule has 0 spiro atoms. The summed E-state index contributed by atoms with van der Waals surface area (Å²) in [6.07, 6.45) is 1.76. The molecule has 0 atom stereocenters. The van der Waals surface area contributed by atoms with Crippen LogP contribution in [0.2, 0.25) is 0 Å². The van der Waals surface area contributed by atoms with Crippen LogP contribution in [0.25, 0.3) is 11.5 Å². The minimum Gasteiger partial charge on any atom is -0.341 e. The topological polar surface area (TPSA) is 41.6 Å². The van der Waals surface area contributed by atoms with Crippen molar-refractivity contribution >= 4 is 39.9 Å². The van der Waals surface area contributed by atoms with E-state index in [1.54, 1.807) is 6.20 Å². The van der Waals surface area contributed by atoms with Gasteiger partial charge >= 0.3 is 0 Å². The van der Waals surface area contributed by atoms with E-state index < -0.39 is 0 Å². The molecular formula is C11H8BrN3S2. The molecular weight excluding hydrogens is 318 g/mol. The maximum atomic E-state index is 5.31. The van der Waals surface area contributed by atoms with Crippen LogP contribution in [-0.4, -0.2) is 15.0 Å². The molecule has 1 aliphatic heterocycles. The van der Waals surface area contributed by atoms with Crippen LogP contribution >= 0.6 is 39.9 Å². The third-order valence-corrected chi connectivity index (χ3v) is 4.36. The van der Waals surface area contributed by atoms with Crippen molar-refractivity contribution in [3.63, 3.8) is 0 Å². The summed E-state index contributed by atoms with van der Waals surface area (Å²) >= 11 is 10.5. The lowest BCUT2D eigenvalue weighted by molar-refractivity contribution is 1.04. The van der Waals surface area contributed by atoms with Crippen molar-refractivity contribution in [2.45, 2.75) is 11.5 Å². The minimum atomic E-state index is 0.698. The minimum absolute atomic E-state index is 0.698. The normalized spacial score (nSPS) is 13.7. The lowest BCUT2D eigenvalue weighted by atomic mass is 10.2. The third-order valence-electron chi connectivity index (χ3n) is 2.57. The Morgan fingerprint density at radius 3 is 3.00 bits per heavy atom. The zero-order chi connectivity index (χ0) is 11.8. The summed E-state index contributed by atoms with van der Waals surface area (Å²) in [7, 11) is 0. The first-order valence-electron chi connectivity index (χ1n) is 5.06. The van der Waals surface area contributed by atoms with Crippen LogP contribution in [0, 0.1) is 4.64 Å². The van der Waals surface area contributed by atoms with Gasteiger partial charge in [0.1, 0.15) is 10.3 Å². The van der Waals surface area contributed by atoms with Gasteiger partial charge in [0.05, 0.1) is 0 Å². The summed E-state index contributed by atoms with van der Waals surface area (Å²) in [4.78, 5) is 12.1. The number of rotatable bonds is 1. The summed E-state index contributed by atoms with van der Waals surface area (Å²) in [6, 6.07) is 3.87. The molecule has 6 heteroatoms. The maximum absolute atomic E-state index is 5.31. The number of aromatic amines is 1.